The summed E-state index contributed by atoms with van der Waals surface area (Å²) in [7, 11) is 3.15. The van der Waals surface area contributed by atoms with E-state index in [-0.39, 0.29) is 0 Å². The highest BCUT2D eigenvalue weighted by Crippen LogP contribution is 2.49. The third-order valence-corrected chi connectivity index (χ3v) is 4.81. The fourth-order valence-electron chi connectivity index (χ4n) is 1.36. The van der Waals surface area contributed by atoms with Gasteiger partial charge in [-0.2, -0.15) is 0 Å². The summed E-state index contributed by atoms with van der Waals surface area (Å²) in [4.78, 5) is 17.1. The average molecular weight is 360 g/mol. The second-order valence-corrected chi connectivity index (χ2v) is 7.36. The average Bonchev–Trinajstić information content (AvgIpc) is 2.49. The van der Waals surface area contributed by atoms with Crippen LogP contribution in [0.25, 0.3) is 0 Å². The van der Waals surface area contributed by atoms with Gasteiger partial charge < -0.3 is 9.42 Å². The van der Waals surface area contributed by atoms with Gasteiger partial charge in [0.1, 0.15) is 5.75 Å². The molecule has 0 atom stereocenters. The van der Waals surface area contributed by atoms with E-state index >= 15 is 0 Å². The molecule has 0 aliphatic carbocycles. The molecule has 0 unspecified atom stereocenters. The van der Waals surface area contributed by atoms with Gasteiger partial charge in [-0.3, -0.25) is 13.9 Å². The number of nitrogens with zero attached hydrogens (tertiary/aromatic N) is 2. The molecule has 0 aliphatic heterocycles. The van der Waals surface area contributed by atoms with Crippen molar-refractivity contribution >= 4 is 30.8 Å². The first-order valence-electron chi connectivity index (χ1n) is 7.00. The highest BCUT2D eigenvalue weighted by molar-refractivity contribution is 8.07. The van der Waals surface area contributed by atoms with E-state index in [1.807, 2.05) is 13.8 Å². The molecule has 0 saturated carbocycles. The molecule has 9 heteroatoms. The first-order valence-corrected chi connectivity index (χ1v) is 9.56. The van der Waals surface area contributed by atoms with Crippen LogP contribution in [-0.4, -0.2) is 44.5 Å². The van der Waals surface area contributed by atoms with Gasteiger partial charge >= 0.3 is 12.8 Å². The van der Waals surface area contributed by atoms with E-state index in [0.29, 0.717) is 19.0 Å². The van der Waals surface area contributed by atoms with Crippen LogP contribution in [0.3, 0.4) is 0 Å². The minimum Gasteiger partial charge on any atom is -0.424 e. The number of rotatable bonds is 8. The molecule has 0 saturated heterocycles. The molecule has 0 heterocycles. The monoisotopic (exact) mass is 360 g/mol. The van der Waals surface area contributed by atoms with Crippen LogP contribution in [0.1, 0.15) is 19.4 Å². The largest absolute Gasteiger partial charge is 0.435 e. The molecule has 1 amide bonds. The molecule has 0 bridgehead atoms. The van der Waals surface area contributed by atoms with Crippen molar-refractivity contribution in [3.05, 3.63) is 29.8 Å². The lowest BCUT2D eigenvalue weighted by molar-refractivity contribution is 0.123. The number of carbonyl (C=O) groups is 1. The Balaban J connectivity index is 2.67. The molecule has 0 spiro atoms. The van der Waals surface area contributed by atoms with Crippen LogP contribution in [-0.2, 0) is 25.7 Å². The van der Waals surface area contributed by atoms with E-state index in [1.54, 1.807) is 38.4 Å². The quantitative estimate of drug-likeness (QED) is 0.306. The SMILES string of the molecule is CCOP(=S)(OCC)Oc1ccc(/C=N/OC(=O)N(C)C)cc1. The molecule has 0 fully saturated rings. The predicted molar refractivity (Wildman–Crippen MR) is 92.4 cm³/mol. The van der Waals surface area contributed by atoms with Crippen molar-refractivity contribution < 1.29 is 23.2 Å². The summed E-state index contributed by atoms with van der Waals surface area (Å²) in [5.74, 6) is 0.540. The number of amides is 1. The van der Waals surface area contributed by atoms with Gasteiger partial charge in [-0.25, -0.2) is 4.79 Å². The Morgan fingerprint density at radius 1 is 1.22 bits per heavy atom. The van der Waals surface area contributed by atoms with Crippen molar-refractivity contribution in [3.63, 3.8) is 0 Å². The van der Waals surface area contributed by atoms with Gasteiger partial charge in [0.15, 0.2) is 0 Å². The predicted octanol–water partition coefficient (Wildman–Crippen LogP) is 3.40. The number of hydrogen-bond donors (Lipinski definition) is 0. The Hall–Kier alpha value is -1.47. The van der Waals surface area contributed by atoms with Crippen LogP contribution in [0.4, 0.5) is 4.79 Å². The first kappa shape index (κ1) is 19.6. The van der Waals surface area contributed by atoms with Gasteiger partial charge in [-0.15, -0.1) is 0 Å². The molecule has 0 radical (unpaired) electrons. The third kappa shape index (κ3) is 7.09. The number of carbonyl (C=O) groups excluding carboxylic acids is 1. The molecular weight excluding hydrogens is 339 g/mol. The Bertz CT molecular complexity index is 567. The van der Waals surface area contributed by atoms with E-state index in [0.717, 1.165) is 5.56 Å². The Kier molecular flexibility index (Phi) is 8.19. The Labute approximate surface area is 141 Å². The van der Waals surface area contributed by atoms with Crippen molar-refractivity contribution in [2.75, 3.05) is 27.3 Å². The lowest BCUT2D eigenvalue weighted by atomic mass is 10.2. The standard InChI is InChI=1S/C14H21N2O5PS/c1-5-18-22(23,19-6-2)21-13-9-7-12(8-10-13)11-15-20-14(17)16(3)4/h7-11H,5-6H2,1-4H3/b15-11+. The third-order valence-electron chi connectivity index (χ3n) is 2.37. The fraction of sp³-hybridized carbons (Fsp3) is 0.429. The topological polar surface area (TPSA) is 69.6 Å². The normalized spacial score (nSPS) is 11.5. The van der Waals surface area contributed by atoms with Crippen LogP contribution in [0.5, 0.6) is 5.75 Å². The summed E-state index contributed by atoms with van der Waals surface area (Å²) in [6, 6.07) is 6.93. The number of benzene rings is 1. The van der Waals surface area contributed by atoms with Crippen molar-refractivity contribution in [1.29, 1.82) is 0 Å². The van der Waals surface area contributed by atoms with Crippen LogP contribution in [0, 0.1) is 0 Å². The zero-order chi connectivity index (χ0) is 17.3. The molecule has 1 aromatic rings. The Morgan fingerprint density at radius 2 is 1.78 bits per heavy atom. The summed E-state index contributed by atoms with van der Waals surface area (Å²) in [6.07, 6.45) is 0.877. The van der Waals surface area contributed by atoms with E-state index in [2.05, 4.69) is 9.99 Å². The minimum absolute atomic E-state index is 0.416. The van der Waals surface area contributed by atoms with E-state index in [1.165, 1.54) is 11.1 Å². The molecule has 1 rings (SSSR count). The molecule has 1 aromatic carbocycles. The smallest absolute Gasteiger partial charge is 0.424 e. The zero-order valence-electron chi connectivity index (χ0n) is 13.6. The second kappa shape index (κ2) is 9.62. The molecule has 23 heavy (non-hydrogen) atoms. The van der Waals surface area contributed by atoms with Crippen molar-refractivity contribution in [2.45, 2.75) is 13.8 Å². The van der Waals surface area contributed by atoms with Gasteiger partial charge in [0.2, 0.25) is 0 Å². The minimum atomic E-state index is -2.78. The lowest BCUT2D eigenvalue weighted by Gasteiger charge is -2.20. The zero-order valence-corrected chi connectivity index (χ0v) is 15.3. The fourth-order valence-corrected chi connectivity index (χ4v) is 3.45. The van der Waals surface area contributed by atoms with Crippen LogP contribution >= 0.6 is 6.72 Å². The van der Waals surface area contributed by atoms with E-state index in [9.17, 15) is 4.79 Å². The maximum absolute atomic E-state index is 11.2. The summed E-state index contributed by atoms with van der Waals surface area (Å²) in [5, 5.41) is 3.61. The first-order chi connectivity index (χ1) is 10.9. The van der Waals surface area contributed by atoms with Gasteiger partial charge in [0.05, 0.1) is 19.4 Å². The molecule has 0 aromatic heterocycles. The summed E-state index contributed by atoms with van der Waals surface area (Å²) >= 11 is 5.29. The van der Waals surface area contributed by atoms with Gasteiger partial charge in [-0.05, 0) is 43.7 Å². The Morgan fingerprint density at radius 3 is 2.26 bits per heavy atom. The highest BCUT2D eigenvalue weighted by atomic mass is 32.5. The molecule has 0 aliphatic rings. The summed E-state index contributed by atoms with van der Waals surface area (Å²) < 4.78 is 16.5. The molecule has 128 valence electrons. The maximum atomic E-state index is 11.2. The maximum Gasteiger partial charge on any atom is 0.435 e. The second-order valence-electron chi connectivity index (χ2n) is 4.43. The van der Waals surface area contributed by atoms with E-state index < -0.39 is 12.8 Å². The summed E-state index contributed by atoms with van der Waals surface area (Å²) in [5.41, 5.74) is 0.741. The highest BCUT2D eigenvalue weighted by Gasteiger charge is 2.20. The van der Waals surface area contributed by atoms with Crippen LogP contribution in [0.2, 0.25) is 0 Å². The van der Waals surface area contributed by atoms with Crippen LogP contribution in [0.15, 0.2) is 29.4 Å². The molecular formula is C14H21N2O5PS. The van der Waals surface area contributed by atoms with Crippen LogP contribution < -0.4 is 4.52 Å². The van der Waals surface area contributed by atoms with Gasteiger partial charge in [-0.1, -0.05) is 5.16 Å². The number of oxime groups is 1. The lowest BCUT2D eigenvalue weighted by Crippen LogP contribution is -2.20. The van der Waals surface area contributed by atoms with Crippen molar-refractivity contribution in [3.8, 4) is 5.75 Å². The number of hydrogen-bond acceptors (Lipinski definition) is 7. The molecule has 7 nitrogen and oxygen atoms in total. The summed E-state index contributed by atoms with van der Waals surface area (Å²) in [6.45, 7) is 1.72. The van der Waals surface area contributed by atoms with Gasteiger partial charge in [0.25, 0.3) is 0 Å². The van der Waals surface area contributed by atoms with Crippen molar-refractivity contribution in [1.82, 2.24) is 4.90 Å². The molecule has 0 N–H and O–H groups in total. The van der Waals surface area contributed by atoms with E-state index in [4.69, 9.17) is 25.4 Å². The van der Waals surface area contributed by atoms with Gasteiger partial charge in [0, 0.05) is 25.9 Å². The van der Waals surface area contributed by atoms with Crippen molar-refractivity contribution in [2.24, 2.45) is 5.16 Å².